The van der Waals surface area contributed by atoms with Crippen molar-refractivity contribution in [2.45, 2.75) is 45.4 Å². The van der Waals surface area contributed by atoms with Crippen LogP contribution in [0.4, 0.5) is 11.4 Å². The van der Waals surface area contributed by atoms with Crippen LogP contribution in [-0.4, -0.2) is 7.05 Å². The van der Waals surface area contributed by atoms with Crippen LogP contribution in [0.3, 0.4) is 0 Å². The van der Waals surface area contributed by atoms with Gasteiger partial charge in [0.15, 0.2) is 5.58 Å². The Morgan fingerprint density at radius 3 is 2.17 bits per heavy atom. The van der Waals surface area contributed by atoms with Gasteiger partial charge >= 0.3 is 0 Å². The van der Waals surface area contributed by atoms with Crippen LogP contribution < -0.4 is 4.90 Å². The molecule has 148 valence electrons. The van der Waals surface area contributed by atoms with Crippen molar-refractivity contribution in [3.8, 4) is 0 Å². The molecule has 0 saturated heterocycles. The second-order valence-corrected chi connectivity index (χ2v) is 9.31. The maximum absolute atomic E-state index is 6.62. The molecule has 2 nitrogen and oxygen atoms in total. The lowest BCUT2D eigenvalue weighted by Gasteiger charge is -2.34. The van der Waals surface area contributed by atoms with Crippen molar-refractivity contribution in [1.29, 1.82) is 0 Å². The van der Waals surface area contributed by atoms with Crippen LogP contribution in [0.2, 0.25) is 0 Å². The fourth-order valence-electron chi connectivity index (χ4n) is 4.91. The summed E-state index contributed by atoms with van der Waals surface area (Å²) in [5, 5.41) is 2.45. The first-order valence-electron chi connectivity index (χ1n) is 10.8. The van der Waals surface area contributed by atoms with Gasteiger partial charge in [-0.15, -0.1) is 0 Å². The van der Waals surface area contributed by atoms with Gasteiger partial charge in [0, 0.05) is 23.5 Å². The molecular formula is C27H29NO. The Balaban J connectivity index is 1.63. The van der Waals surface area contributed by atoms with Crippen LogP contribution in [0.1, 0.15) is 51.0 Å². The normalized spacial score (nSPS) is 17.1. The largest absolute Gasteiger partial charge is 0.454 e. The Labute approximate surface area is 173 Å². The smallest absolute Gasteiger partial charge is 0.159 e. The predicted molar refractivity (Wildman–Crippen MR) is 123 cm³/mol. The van der Waals surface area contributed by atoms with Crippen molar-refractivity contribution in [3.05, 3.63) is 72.3 Å². The molecule has 1 saturated carbocycles. The maximum Gasteiger partial charge on any atom is 0.159 e. The Hall–Kier alpha value is -2.74. The van der Waals surface area contributed by atoms with E-state index < -0.39 is 0 Å². The quantitative estimate of drug-likeness (QED) is 0.356. The molecule has 1 aliphatic rings. The molecule has 1 fully saturated rings. The summed E-state index contributed by atoms with van der Waals surface area (Å²) in [7, 11) is 2.11. The fraction of sp³-hybridized carbons (Fsp3) is 0.333. The first kappa shape index (κ1) is 18.3. The third-order valence-electron chi connectivity index (χ3n) is 6.82. The molecule has 0 N–H and O–H groups in total. The summed E-state index contributed by atoms with van der Waals surface area (Å²) in [4.78, 5) is 2.22. The number of hydrogen-bond donors (Lipinski definition) is 0. The highest BCUT2D eigenvalue weighted by Crippen LogP contribution is 2.46. The van der Waals surface area contributed by atoms with Gasteiger partial charge in [-0.3, -0.25) is 0 Å². The monoisotopic (exact) mass is 383 g/mol. The molecule has 0 amide bonds. The highest BCUT2D eigenvalue weighted by molar-refractivity contribution is 6.10. The minimum atomic E-state index is 0.476. The highest BCUT2D eigenvalue weighted by Gasteiger charge is 2.29. The van der Waals surface area contributed by atoms with E-state index in [1.165, 1.54) is 42.0 Å². The molecule has 0 radical (unpaired) electrons. The molecule has 1 aliphatic carbocycles. The molecule has 0 aliphatic heterocycles. The van der Waals surface area contributed by atoms with E-state index in [2.05, 4.69) is 92.5 Å². The van der Waals surface area contributed by atoms with Crippen LogP contribution in [0.25, 0.3) is 21.9 Å². The average Bonchev–Trinajstić information content (AvgIpc) is 3.13. The summed E-state index contributed by atoms with van der Waals surface area (Å²) in [6.45, 7) is 4.80. The number of para-hydroxylation sites is 3. The zero-order valence-corrected chi connectivity index (χ0v) is 17.6. The van der Waals surface area contributed by atoms with E-state index in [9.17, 15) is 0 Å². The Morgan fingerprint density at radius 2 is 1.45 bits per heavy atom. The molecule has 4 aromatic rings. The van der Waals surface area contributed by atoms with Crippen LogP contribution in [0.15, 0.2) is 71.1 Å². The predicted octanol–water partition coefficient (Wildman–Crippen LogP) is 8.04. The van der Waals surface area contributed by atoms with Gasteiger partial charge < -0.3 is 9.32 Å². The van der Waals surface area contributed by atoms with Gasteiger partial charge in [0.25, 0.3) is 0 Å². The molecule has 0 spiro atoms. The fourth-order valence-corrected chi connectivity index (χ4v) is 4.91. The van der Waals surface area contributed by atoms with E-state index >= 15 is 0 Å². The first-order chi connectivity index (χ1) is 14.0. The maximum atomic E-state index is 6.62. The summed E-state index contributed by atoms with van der Waals surface area (Å²) >= 11 is 0. The number of nitrogens with zero attached hydrogens (tertiary/aromatic N) is 1. The van der Waals surface area contributed by atoms with Gasteiger partial charge in [0.1, 0.15) is 5.58 Å². The lowest BCUT2D eigenvalue weighted by atomic mass is 9.71. The van der Waals surface area contributed by atoms with Crippen molar-refractivity contribution in [2.24, 2.45) is 5.41 Å². The Kier molecular flexibility index (Phi) is 4.38. The number of hydrogen-bond acceptors (Lipinski definition) is 2. The summed E-state index contributed by atoms with van der Waals surface area (Å²) in [6.07, 6.45) is 5.08. The molecule has 0 atom stereocenters. The van der Waals surface area contributed by atoms with Gasteiger partial charge in [0.2, 0.25) is 0 Å². The summed E-state index contributed by atoms with van der Waals surface area (Å²) in [5.41, 5.74) is 6.21. The van der Waals surface area contributed by atoms with E-state index in [-0.39, 0.29) is 0 Å². The zero-order chi connectivity index (χ0) is 20.0. The van der Waals surface area contributed by atoms with E-state index in [1.54, 1.807) is 0 Å². The molecule has 1 aromatic heterocycles. The molecule has 1 heterocycles. The SMILES string of the molecule is CN(c1ccccc1)c1cccc2c1oc1c(C3CCC(C)(C)CC3)cccc12. The third kappa shape index (κ3) is 3.21. The summed E-state index contributed by atoms with van der Waals surface area (Å²) in [5.74, 6) is 0.600. The van der Waals surface area contributed by atoms with Gasteiger partial charge in [0.05, 0.1) is 5.69 Å². The number of anilines is 2. The molecular weight excluding hydrogens is 354 g/mol. The van der Waals surface area contributed by atoms with Crippen molar-refractivity contribution in [1.82, 2.24) is 0 Å². The molecule has 5 rings (SSSR count). The molecule has 29 heavy (non-hydrogen) atoms. The first-order valence-corrected chi connectivity index (χ1v) is 10.8. The van der Waals surface area contributed by atoms with Crippen molar-refractivity contribution in [2.75, 3.05) is 11.9 Å². The third-order valence-corrected chi connectivity index (χ3v) is 6.82. The summed E-state index contributed by atoms with van der Waals surface area (Å²) < 4.78 is 6.62. The number of benzene rings is 3. The average molecular weight is 384 g/mol. The molecule has 0 bridgehead atoms. The van der Waals surface area contributed by atoms with Gasteiger partial charge in [-0.1, -0.05) is 62.4 Å². The minimum absolute atomic E-state index is 0.476. The van der Waals surface area contributed by atoms with E-state index in [4.69, 9.17) is 4.42 Å². The van der Waals surface area contributed by atoms with Gasteiger partial charge in [-0.2, -0.15) is 0 Å². The lowest BCUT2D eigenvalue weighted by molar-refractivity contribution is 0.224. The topological polar surface area (TPSA) is 16.4 Å². The lowest BCUT2D eigenvalue weighted by Crippen LogP contribution is -2.20. The van der Waals surface area contributed by atoms with E-state index in [1.807, 2.05) is 0 Å². The Morgan fingerprint density at radius 1 is 0.793 bits per heavy atom. The van der Waals surface area contributed by atoms with Gasteiger partial charge in [-0.25, -0.2) is 0 Å². The summed E-state index contributed by atoms with van der Waals surface area (Å²) in [6, 6.07) is 23.7. The number of furan rings is 1. The van der Waals surface area contributed by atoms with Crippen LogP contribution in [-0.2, 0) is 0 Å². The molecule has 3 aromatic carbocycles. The van der Waals surface area contributed by atoms with Crippen LogP contribution in [0.5, 0.6) is 0 Å². The van der Waals surface area contributed by atoms with E-state index in [0.717, 1.165) is 22.5 Å². The second kappa shape index (κ2) is 6.95. The van der Waals surface area contributed by atoms with Gasteiger partial charge in [-0.05, 0) is 60.8 Å². The standard InChI is InChI=1S/C27H29NO/c1-27(2)17-15-19(16-18-27)21-11-7-12-22-23-13-8-14-24(26(23)29-25(21)22)28(3)20-9-5-4-6-10-20/h4-14,19H,15-18H2,1-3H3. The minimum Gasteiger partial charge on any atom is -0.454 e. The van der Waals surface area contributed by atoms with E-state index in [0.29, 0.717) is 11.3 Å². The van der Waals surface area contributed by atoms with Crippen molar-refractivity contribution >= 4 is 33.3 Å². The number of fused-ring (bicyclic) bond motifs is 3. The second-order valence-electron chi connectivity index (χ2n) is 9.31. The van der Waals surface area contributed by atoms with Crippen LogP contribution >= 0.6 is 0 Å². The van der Waals surface area contributed by atoms with Crippen LogP contribution in [0, 0.1) is 5.41 Å². The van der Waals surface area contributed by atoms with Crippen molar-refractivity contribution < 1.29 is 4.42 Å². The van der Waals surface area contributed by atoms with Crippen molar-refractivity contribution in [3.63, 3.8) is 0 Å². The molecule has 0 unspecified atom stereocenters. The number of rotatable bonds is 3. The Bertz CT molecular complexity index is 1150. The highest BCUT2D eigenvalue weighted by atomic mass is 16.3. The molecule has 2 heteroatoms. The zero-order valence-electron chi connectivity index (χ0n) is 17.6.